The zero-order valence-electron chi connectivity index (χ0n) is 14.2. The van der Waals surface area contributed by atoms with E-state index in [0.29, 0.717) is 12.1 Å². The summed E-state index contributed by atoms with van der Waals surface area (Å²) in [5.41, 5.74) is 7.67. The fraction of sp³-hybridized carbons (Fsp3) is 0.400. The van der Waals surface area contributed by atoms with E-state index in [1.165, 1.54) is 18.2 Å². The van der Waals surface area contributed by atoms with Crippen LogP contribution >= 0.6 is 0 Å². The molecule has 0 spiro atoms. The number of phenols is 1. The summed E-state index contributed by atoms with van der Waals surface area (Å²) in [6.07, 6.45) is 4.49. The minimum Gasteiger partial charge on any atom is -0.506 e. The Balaban J connectivity index is 1.67. The maximum Gasteiger partial charge on any atom is 0.138 e. The number of aliphatic hydroxyl groups is 1. The summed E-state index contributed by atoms with van der Waals surface area (Å²) in [5.74, 6) is -0.204. The van der Waals surface area contributed by atoms with Crippen molar-refractivity contribution in [2.24, 2.45) is 0 Å². The maximum atomic E-state index is 13.1. The first kappa shape index (κ1) is 17.7. The molecule has 5 N–H and O–H groups in total. The van der Waals surface area contributed by atoms with E-state index in [2.05, 4.69) is 5.32 Å². The SMILES string of the molecule is Nc1cc(C(O)CNC2(Cc3ccc(F)cc3)CCCC2)ccc1O. The van der Waals surface area contributed by atoms with Gasteiger partial charge in [0.05, 0.1) is 11.8 Å². The third-order valence-corrected chi connectivity index (χ3v) is 5.12. The van der Waals surface area contributed by atoms with Crippen molar-refractivity contribution in [2.45, 2.75) is 43.7 Å². The summed E-state index contributed by atoms with van der Waals surface area (Å²) < 4.78 is 13.1. The van der Waals surface area contributed by atoms with Crippen molar-refractivity contribution in [3.05, 3.63) is 59.4 Å². The minimum absolute atomic E-state index is 0.0208. The Morgan fingerprint density at radius 1 is 1.12 bits per heavy atom. The molecule has 0 aliphatic heterocycles. The van der Waals surface area contributed by atoms with Crippen molar-refractivity contribution in [3.8, 4) is 5.75 Å². The van der Waals surface area contributed by atoms with Crippen molar-refractivity contribution in [1.82, 2.24) is 5.32 Å². The van der Waals surface area contributed by atoms with Crippen LogP contribution in [0.1, 0.15) is 42.9 Å². The predicted molar refractivity (Wildman–Crippen MR) is 96.8 cm³/mol. The topological polar surface area (TPSA) is 78.5 Å². The van der Waals surface area contributed by atoms with Crippen molar-refractivity contribution in [3.63, 3.8) is 0 Å². The number of nitrogens with one attached hydrogen (secondary N) is 1. The number of β-amino-alcohol motifs (C(OH)–C–C–N with tert-alkyl or cyclic N) is 1. The molecule has 1 aliphatic carbocycles. The predicted octanol–water partition coefficient (Wildman–Crippen LogP) is 3.29. The van der Waals surface area contributed by atoms with Gasteiger partial charge in [0.1, 0.15) is 11.6 Å². The number of nitrogens with two attached hydrogens (primary N) is 1. The molecule has 1 aliphatic rings. The molecule has 1 atom stereocenters. The highest BCUT2D eigenvalue weighted by molar-refractivity contribution is 5.53. The van der Waals surface area contributed by atoms with E-state index in [4.69, 9.17) is 5.73 Å². The van der Waals surface area contributed by atoms with E-state index in [0.717, 1.165) is 37.7 Å². The van der Waals surface area contributed by atoms with Gasteiger partial charge in [0.25, 0.3) is 0 Å². The van der Waals surface area contributed by atoms with Gasteiger partial charge in [-0.05, 0) is 54.7 Å². The Morgan fingerprint density at radius 3 is 2.44 bits per heavy atom. The highest BCUT2D eigenvalue weighted by Crippen LogP contribution is 2.33. The lowest BCUT2D eigenvalue weighted by Gasteiger charge is -2.32. The number of halogens is 1. The number of anilines is 1. The van der Waals surface area contributed by atoms with Gasteiger partial charge in [-0.2, -0.15) is 0 Å². The number of aliphatic hydroxyl groups excluding tert-OH is 1. The summed E-state index contributed by atoms with van der Waals surface area (Å²) in [4.78, 5) is 0. The van der Waals surface area contributed by atoms with Crippen LogP contribution in [0.5, 0.6) is 5.75 Å². The van der Waals surface area contributed by atoms with Gasteiger partial charge in [-0.3, -0.25) is 0 Å². The Morgan fingerprint density at radius 2 is 1.80 bits per heavy atom. The first-order valence-electron chi connectivity index (χ1n) is 8.73. The second-order valence-electron chi connectivity index (χ2n) is 7.01. The van der Waals surface area contributed by atoms with Crippen LogP contribution in [0.25, 0.3) is 0 Å². The molecule has 3 rings (SSSR count). The Bertz CT molecular complexity index is 712. The molecule has 0 bridgehead atoms. The number of rotatable bonds is 6. The molecule has 134 valence electrons. The van der Waals surface area contributed by atoms with Crippen LogP contribution in [0.3, 0.4) is 0 Å². The van der Waals surface area contributed by atoms with Gasteiger partial charge in [-0.1, -0.05) is 31.0 Å². The fourth-order valence-electron chi connectivity index (χ4n) is 3.67. The largest absolute Gasteiger partial charge is 0.506 e. The lowest BCUT2D eigenvalue weighted by atomic mass is 9.88. The van der Waals surface area contributed by atoms with Crippen LogP contribution in [0.2, 0.25) is 0 Å². The lowest BCUT2D eigenvalue weighted by molar-refractivity contribution is 0.155. The zero-order valence-corrected chi connectivity index (χ0v) is 14.2. The van der Waals surface area contributed by atoms with Crippen LogP contribution in [-0.4, -0.2) is 22.3 Å². The molecular weight excluding hydrogens is 319 g/mol. The van der Waals surface area contributed by atoms with Crippen molar-refractivity contribution < 1.29 is 14.6 Å². The zero-order chi connectivity index (χ0) is 17.9. The molecule has 0 heterocycles. The summed E-state index contributed by atoms with van der Waals surface area (Å²) in [5, 5.41) is 23.5. The van der Waals surface area contributed by atoms with Crippen LogP contribution in [0.15, 0.2) is 42.5 Å². The number of hydrogen-bond acceptors (Lipinski definition) is 4. The molecule has 0 aromatic heterocycles. The molecule has 4 nitrogen and oxygen atoms in total. The summed E-state index contributed by atoms with van der Waals surface area (Å²) in [6, 6.07) is 11.4. The average molecular weight is 344 g/mol. The Labute approximate surface area is 147 Å². The third kappa shape index (κ3) is 4.30. The summed E-state index contributed by atoms with van der Waals surface area (Å²) >= 11 is 0. The molecule has 1 saturated carbocycles. The normalized spacial score (nSPS) is 17.5. The second-order valence-corrected chi connectivity index (χ2v) is 7.01. The molecule has 0 amide bonds. The third-order valence-electron chi connectivity index (χ3n) is 5.12. The highest BCUT2D eigenvalue weighted by Gasteiger charge is 2.34. The average Bonchev–Trinajstić information content (AvgIpc) is 3.06. The highest BCUT2D eigenvalue weighted by atomic mass is 19.1. The molecule has 5 heteroatoms. The van der Waals surface area contributed by atoms with E-state index in [1.54, 1.807) is 12.1 Å². The molecule has 2 aromatic carbocycles. The molecule has 0 saturated heterocycles. The molecular formula is C20H25FN2O2. The van der Waals surface area contributed by atoms with Gasteiger partial charge in [0, 0.05) is 12.1 Å². The van der Waals surface area contributed by atoms with E-state index >= 15 is 0 Å². The van der Waals surface area contributed by atoms with E-state index in [1.807, 2.05) is 12.1 Å². The molecule has 1 unspecified atom stereocenters. The molecule has 25 heavy (non-hydrogen) atoms. The number of hydrogen-bond donors (Lipinski definition) is 4. The van der Waals surface area contributed by atoms with Gasteiger partial charge in [-0.15, -0.1) is 0 Å². The maximum absolute atomic E-state index is 13.1. The van der Waals surface area contributed by atoms with E-state index in [-0.39, 0.29) is 22.8 Å². The number of aromatic hydroxyl groups is 1. The van der Waals surface area contributed by atoms with Crippen LogP contribution in [0.4, 0.5) is 10.1 Å². The van der Waals surface area contributed by atoms with Crippen LogP contribution < -0.4 is 11.1 Å². The van der Waals surface area contributed by atoms with Gasteiger partial charge in [0.15, 0.2) is 0 Å². The summed E-state index contributed by atoms with van der Waals surface area (Å²) in [6.45, 7) is 0.408. The quantitative estimate of drug-likeness (QED) is 0.479. The standard InChI is InChI=1S/C20H25FN2O2/c21-16-6-3-14(4-7-16)12-20(9-1-2-10-20)23-13-19(25)15-5-8-18(24)17(22)11-15/h3-8,11,19,23-25H,1-2,9-10,12-13,22H2. The first-order valence-corrected chi connectivity index (χ1v) is 8.73. The van der Waals surface area contributed by atoms with Gasteiger partial charge >= 0.3 is 0 Å². The van der Waals surface area contributed by atoms with Gasteiger partial charge < -0.3 is 21.3 Å². The van der Waals surface area contributed by atoms with Gasteiger partial charge in [-0.25, -0.2) is 4.39 Å². The smallest absolute Gasteiger partial charge is 0.138 e. The lowest BCUT2D eigenvalue weighted by Crippen LogP contribution is -2.46. The molecule has 2 aromatic rings. The van der Waals surface area contributed by atoms with Crippen LogP contribution in [0, 0.1) is 5.82 Å². The van der Waals surface area contributed by atoms with Crippen molar-refractivity contribution >= 4 is 5.69 Å². The van der Waals surface area contributed by atoms with Gasteiger partial charge in [0.2, 0.25) is 0 Å². The number of benzene rings is 2. The fourth-order valence-corrected chi connectivity index (χ4v) is 3.67. The monoisotopic (exact) mass is 344 g/mol. The molecule has 1 fully saturated rings. The number of phenolic OH excluding ortho intramolecular Hbond substituents is 1. The van der Waals surface area contributed by atoms with Crippen LogP contribution in [-0.2, 0) is 6.42 Å². The minimum atomic E-state index is -0.700. The Kier molecular flexibility index (Phi) is 5.25. The molecule has 0 radical (unpaired) electrons. The van der Waals surface area contributed by atoms with Crippen molar-refractivity contribution in [1.29, 1.82) is 0 Å². The summed E-state index contributed by atoms with van der Waals surface area (Å²) in [7, 11) is 0. The second kappa shape index (κ2) is 7.42. The number of nitrogen functional groups attached to an aromatic ring is 1. The first-order chi connectivity index (χ1) is 12.0. The van der Waals surface area contributed by atoms with E-state index < -0.39 is 6.10 Å². The van der Waals surface area contributed by atoms with E-state index in [9.17, 15) is 14.6 Å². The Hall–Kier alpha value is -2.11. The van der Waals surface area contributed by atoms with Crippen molar-refractivity contribution in [2.75, 3.05) is 12.3 Å².